The number of nitrogens with one attached hydrogen (secondary N) is 1. The summed E-state index contributed by atoms with van der Waals surface area (Å²) in [6.45, 7) is 8.46. The van der Waals surface area contributed by atoms with Gasteiger partial charge in [0.25, 0.3) is 0 Å². The highest BCUT2D eigenvalue weighted by atomic mass is 79.9. The van der Waals surface area contributed by atoms with Crippen molar-refractivity contribution < 1.29 is 0 Å². The van der Waals surface area contributed by atoms with Crippen molar-refractivity contribution in [3.63, 3.8) is 0 Å². The average molecular weight is 376 g/mol. The summed E-state index contributed by atoms with van der Waals surface area (Å²) < 4.78 is 0.974. The highest BCUT2D eigenvalue weighted by Gasteiger charge is 2.16. The van der Waals surface area contributed by atoms with Gasteiger partial charge in [-0.2, -0.15) is 0 Å². The molecule has 1 fully saturated rings. The van der Waals surface area contributed by atoms with Crippen molar-refractivity contribution >= 4 is 27.4 Å². The summed E-state index contributed by atoms with van der Waals surface area (Å²) in [5.74, 6) is 1.08. The Morgan fingerprint density at radius 3 is 2.61 bits per heavy atom. The van der Waals surface area contributed by atoms with Crippen molar-refractivity contribution in [3.05, 3.63) is 46.8 Å². The molecule has 2 aromatic heterocycles. The number of nitrogens with zero attached hydrogens (tertiary/aromatic N) is 4. The first-order valence-electron chi connectivity index (χ1n) is 8.01. The van der Waals surface area contributed by atoms with Gasteiger partial charge in [0.05, 0.1) is 11.9 Å². The van der Waals surface area contributed by atoms with Crippen LogP contribution in [0.1, 0.15) is 12.5 Å². The molecular formula is C17H22BrN5. The van der Waals surface area contributed by atoms with Gasteiger partial charge in [-0.1, -0.05) is 13.0 Å². The third-order valence-electron chi connectivity index (χ3n) is 4.15. The van der Waals surface area contributed by atoms with Crippen LogP contribution in [0.2, 0.25) is 0 Å². The van der Waals surface area contributed by atoms with Gasteiger partial charge in [0.2, 0.25) is 0 Å². The normalized spacial score (nSPS) is 15.7. The van der Waals surface area contributed by atoms with Crippen LogP contribution >= 0.6 is 15.9 Å². The largest absolute Gasteiger partial charge is 0.380 e. The van der Waals surface area contributed by atoms with Crippen molar-refractivity contribution in [2.45, 2.75) is 13.5 Å². The van der Waals surface area contributed by atoms with Crippen molar-refractivity contribution in [3.8, 4) is 0 Å². The second kappa shape index (κ2) is 7.75. The van der Waals surface area contributed by atoms with Gasteiger partial charge in [-0.05, 0) is 40.2 Å². The van der Waals surface area contributed by atoms with Gasteiger partial charge in [0.1, 0.15) is 5.82 Å². The lowest BCUT2D eigenvalue weighted by Gasteiger charge is -2.34. The standard InChI is InChI=1S/C17H22BrN5/c1-2-22-5-7-23(8-6-22)17-4-3-14(11-21-17)10-20-16-9-15(18)12-19-13-16/h3-4,9,11-13,20H,2,5-8,10H2,1H3. The number of hydrogen-bond acceptors (Lipinski definition) is 5. The van der Waals surface area contributed by atoms with Crippen molar-refractivity contribution in [1.82, 2.24) is 14.9 Å². The predicted molar refractivity (Wildman–Crippen MR) is 97.8 cm³/mol. The molecule has 1 N–H and O–H groups in total. The average Bonchev–Trinajstić information content (AvgIpc) is 2.61. The fourth-order valence-corrected chi connectivity index (χ4v) is 3.08. The predicted octanol–water partition coefficient (Wildman–Crippen LogP) is 2.99. The SMILES string of the molecule is CCN1CCN(c2ccc(CNc3cncc(Br)c3)cn2)CC1. The Labute approximate surface area is 145 Å². The van der Waals surface area contributed by atoms with E-state index < -0.39 is 0 Å². The molecule has 0 atom stereocenters. The summed E-state index contributed by atoms with van der Waals surface area (Å²) in [7, 11) is 0. The lowest BCUT2D eigenvalue weighted by atomic mass is 10.2. The number of hydrogen-bond donors (Lipinski definition) is 1. The van der Waals surface area contributed by atoms with E-state index in [0.29, 0.717) is 0 Å². The molecule has 23 heavy (non-hydrogen) atoms. The number of pyridine rings is 2. The van der Waals surface area contributed by atoms with Crippen LogP contribution < -0.4 is 10.2 Å². The maximum Gasteiger partial charge on any atom is 0.128 e. The Hall–Kier alpha value is -1.66. The minimum absolute atomic E-state index is 0.745. The van der Waals surface area contributed by atoms with Gasteiger partial charge in [-0.25, -0.2) is 4.98 Å². The number of piperazine rings is 1. The van der Waals surface area contributed by atoms with E-state index >= 15 is 0 Å². The first-order valence-corrected chi connectivity index (χ1v) is 8.80. The molecule has 1 aliphatic rings. The van der Waals surface area contributed by atoms with E-state index in [0.717, 1.165) is 55.2 Å². The molecule has 122 valence electrons. The summed E-state index contributed by atoms with van der Waals surface area (Å²) >= 11 is 3.43. The minimum Gasteiger partial charge on any atom is -0.380 e. The van der Waals surface area contributed by atoms with Gasteiger partial charge >= 0.3 is 0 Å². The molecule has 0 spiro atoms. The topological polar surface area (TPSA) is 44.3 Å². The quantitative estimate of drug-likeness (QED) is 0.869. The lowest BCUT2D eigenvalue weighted by Crippen LogP contribution is -2.46. The number of aromatic nitrogens is 2. The van der Waals surface area contributed by atoms with E-state index in [1.165, 1.54) is 5.56 Å². The van der Waals surface area contributed by atoms with Crippen LogP contribution in [0.25, 0.3) is 0 Å². The number of halogens is 1. The van der Waals surface area contributed by atoms with Crippen LogP contribution in [0.4, 0.5) is 11.5 Å². The second-order valence-corrected chi connectivity index (χ2v) is 6.61. The Balaban J connectivity index is 1.55. The van der Waals surface area contributed by atoms with Crippen LogP contribution in [0, 0.1) is 0 Å². The van der Waals surface area contributed by atoms with E-state index in [9.17, 15) is 0 Å². The molecule has 5 nitrogen and oxygen atoms in total. The Kier molecular flexibility index (Phi) is 5.46. The van der Waals surface area contributed by atoms with Crippen molar-refractivity contribution in [1.29, 1.82) is 0 Å². The zero-order chi connectivity index (χ0) is 16.1. The molecule has 1 saturated heterocycles. The third-order valence-corrected chi connectivity index (χ3v) is 4.59. The number of anilines is 2. The maximum atomic E-state index is 4.63. The fourth-order valence-electron chi connectivity index (χ4n) is 2.71. The van der Waals surface area contributed by atoms with E-state index in [4.69, 9.17) is 0 Å². The molecule has 0 aromatic carbocycles. The first-order chi connectivity index (χ1) is 11.2. The van der Waals surface area contributed by atoms with Gasteiger partial charge in [-0.3, -0.25) is 4.98 Å². The molecule has 0 aliphatic carbocycles. The van der Waals surface area contributed by atoms with Gasteiger partial charge in [0, 0.05) is 49.6 Å². The second-order valence-electron chi connectivity index (χ2n) is 5.69. The molecule has 3 rings (SSSR count). The smallest absolute Gasteiger partial charge is 0.128 e. The molecule has 0 radical (unpaired) electrons. The number of likely N-dealkylation sites (N-methyl/N-ethyl adjacent to an activating group) is 1. The molecule has 0 saturated carbocycles. The van der Waals surface area contributed by atoms with Gasteiger partial charge < -0.3 is 15.1 Å². The van der Waals surface area contributed by atoms with E-state index in [1.807, 2.05) is 18.5 Å². The lowest BCUT2D eigenvalue weighted by molar-refractivity contribution is 0.270. The van der Waals surface area contributed by atoms with Crippen LogP contribution in [0.15, 0.2) is 41.3 Å². The van der Waals surface area contributed by atoms with Gasteiger partial charge in [0.15, 0.2) is 0 Å². The summed E-state index contributed by atoms with van der Waals surface area (Å²) in [6, 6.07) is 6.28. The Bertz CT molecular complexity index is 623. The zero-order valence-electron chi connectivity index (χ0n) is 13.4. The molecule has 6 heteroatoms. The van der Waals surface area contributed by atoms with Crippen molar-refractivity contribution in [2.75, 3.05) is 42.9 Å². The molecular weight excluding hydrogens is 354 g/mol. The Morgan fingerprint density at radius 1 is 1.13 bits per heavy atom. The van der Waals surface area contributed by atoms with E-state index in [-0.39, 0.29) is 0 Å². The summed E-state index contributed by atoms with van der Waals surface area (Å²) in [4.78, 5) is 13.6. The monoisotopic (exact) mass is 375 g/mol. The third kappa shape index (κ3) is 4.42. The molecule has 1 aliphatic heterocycles. The number of rotatable bonds is 5. The van der Waals surface area contributed by atoms with Crippen LogP contribution in [-0.4, -0.2) is 47.6 Å². The summed E-state index contributed by atoms with van der Waals surface area (Å²) in [6.07, 6.45) is 5.56. The summed E-state index contributed by atoms with van der Waals surface area (Å²) in [5.41, 5.74) is 2.17. The van der Waals surface area contributed by atoms with E-state index in [1.54, 1.807) is 6.20 Å². The van der Waals surface area contributed by atoms with E-state index in [2.05, 4.69) is 60.1 Å². The highest BCUT2D eigenvalue weighted by Crippen LogP contribution is 2.16. The summed E-state index contributed by atoms with van der Waals surface area (Å²) in [5, 5.41) is 3.36. The maximum absolute atomic E-state index is 4.63. The zero-order valence-corrected chi connectivity index (χ0v) is 15.0. The fraction of sp³-hybridized carbons (Fsp3) is 0.412. The van der Waals surface area contributed by atoms with Gasteiger partial charge in [-0.15, -0.1) is 0 Å². The van der Waals surface area contributed by atoms with Crippen LogP contribution in [0.3, 0.4) is 0 Å². The van der Waals surface area contributed by atoms with Crippen LogP contribution in [0.5, 0.6) is 0 Å². The molecule has 0 amide bonds. The Morgan fingerprint density at radius 2 is 1.96 bits per heavy atom. The first kappa shape index (κ1) is 16.2. The molecule has 2 aromatic rings. The minimum atomic E-state index is 0.745. The molecule has 0 unspecified atom stereocenters. The molecule has 0 bridgehead atoms. The van der Waals surface area contributed by atoms with Crippen LogP contribution in [-0.2, 0) is 6.54 Å². The van der Waals surface area contributed by atoms with Crippen molar-refractivity contribution in [2.24, 2.45) is 0 Å². The highest BCUT2D eigenvalue weighted by molar-refractivity contribution is 9.10. The molecule has 3 heterocycles.